The smallest absolute Gasteiger partial charge is 0.296 e. The predicted octanol–water partition coefficient (Wildman–Crippen LogP) is 3.40. The summed E-state index contributed by atoms with van der Waals surface area (Å²) in [5, 5.41) is -1.25. The van der Waals surface area contributed by atoms with Crippen molar-refractivity contribution in [2.75, 3.05) is 0 Å². The molecule has 0 unspecified atom stereocenters. The summed E-state index contributed by atoms with van der Waals surface area (Å²) in [6.45, 7) is 9.02. The average Bonchev–Trinajstić information content (AvgIpc) is 2.45. The van der Waals surface area contributed by atoms with Crippen LogP contribution in [0.4, 0.5) is 4.39 Å². The number of sulfone groups is 1. The maximum atomic E-state index is 13.2. The number of halogens is 1. The lowest BCUT2D eigenvalue weighted by Crippen LogP contribution is -2.20. The van der Waals surface area contributed by atoms with Gasteiger partial charge in [0.25, 0.3) is 9.84 Å². The van der Waals surface area contributed by atoms with Crippen molar-refractivity contribution in [3.05, 3.63) is 76.9 Å². The first-order valence-electron chi connectivity index (χ1n) is 6.35. The SMILES string of the molecule is [C-]#[N+][C@H](Cc1cccc(F)c1)S(=O)(=O)c1ccc(C)cc1. The third-order valence-electron chi connectivity index (χ3n) is 3.15. The van der Waals surface area contributed by atoms with Gasteiger partial charge in [0.2, 0.25) is 0 Å². The fraction of sp³-hybridized carbons (Fsp3) is 0.188. The summed E-state index contributed by atoms with van der Waals surface area (Å²) in [5.41, 5.74) is 1.44. The zero-order chi connectivity index (χ0) is 15.5. The molecule has 2 rings (SSSR count). The molecular formula is C16H14FNO2S. The standard InChI is InChI=1S/C16H14FNO2S/c1-12-6-8-15(9-7-12)21(19,20)16(18-2)11-13-4-3-5-14(17)10-13/h3-10,16H,11H2,1H3/t16-/m0/s1. The molecule has 0 fully saturated rings. The molecule has 0 N–H and O–H groups in total. The van der Waals surface area contributed by atoms with Crippen LogP contribution in [0, 0.1) is 19.3 Å². The van der Waals surface area contributed by atoms with Crippen molar-refractivity contribution in [3.63, 3.8) is 0 Å². The van der Waals surface area contributed by atoms with Crippen LogP contribution in [0.25, 0.3) is 4.85 Å². The quantitative estimate of drug-likeness (QED) is 0.812. The molecule has 0 saturated heterocycles. The van der Waals surface area contributed by atoms with E-state index < -0.39 is 21.0 Å². The van der Waals surface area contributed by atoms with Crippen molar-refractivity contribution in [3.8, 4) is 0 Å². The Hall–Kier alpha value is -2.19. The van der Waals surface area contributed by atoms with Gasteiger partial charge in [-0.15, -0.1) is 0 Å². The average molecular weight is 303 g/mol. The van der Waals surface area contributed by atoms with Gasteiger partial charge >= 0.3 is 5.37 Å². The molecule has 0 heterocycles. The van der Waals surface area contributed by atoms with Crippen LogP contribution in [-0.2, 0) is 16.3 Å². The minimum Gasteiger partial charge on any atom is -0.296 e. The van der Waals surface area contributed by atoms with Crippen LogP contribution < -0.4 is 0 Å². The highest BCUT2D eigenvalue weighted by atomic mass is 32.2. The van der Waals surface area contributed by atoms with Crippen molar-refractivity contribution in [1.29, 1.82) is 0 Å². The summed E-state index contributed by atoms with van der Waals surface area (Å²) in [7, 11) is -3.76. The fourth-order valence-corrected chi connectivity index (χ4v) is 3.36. The first-order valence-corrected chi connectivity index (χ1v) is 7.89. The minimum absolute atomic E-state index is 0.0303. The highest BCUT2D eigenvalue weighted by Crippen LogP contribution is 2.21. The van der Waals surface area contributed by atoms with E-state index in [1.54, 1.807) is 18.2 Å². The number of nitrogens with zero attached hydrogens (tertiary/aromatic N) is 1. The summed E-state index contributed by atoms with van der Waals surface area (Å²) in [5.74, 6) is -0.441. The highest BCUT2D eigenvalue weighted by Gasteiger charge is 2.32. The van der Waals surface area contributed by atoms with Crippen LogP contribution in [0.2, 0.25) is 0 Å². The molecule has 108 valence electrons. The number of hydrogen-bond donors (Lipinski definition) is 0. The van der Waals surface area contributed by atoms with E-state index in [4.69, 9.17) is 6.57 Å². The van der Waals surface area contributed by atoms with Gasteiger partial charge in [0.05, 0.1) is 11.3 Å². The zero-order valence-corrected chi connectivity index (χ0v) is 12.3. The van der Waals surface area contributed by atoms with E-state index in [1.165, 1.54) is 30.3 Å². The first-order chi connectivity index (χ1) is 9.93. The molecule has 0 bridgehead atoms. The summed E-state index contributed by atoms with van der Waals surface area (Å²) < 4.78 is 38.1. The lowest BCUT2D eigenvalue weighted by atomic mass is 10.1. The Labute approximate surface area is 123 Å². The van der Waals surface area contributed by atoms with Crippen molar-refractivity contribution >= 4 is 9.84 Å². The van der Waals surface area contributed by atoms with Gasteiger partial charge in [-0.3, -0.25) is 4.85 Å². The molecule has 1 atom stereocenters. The number of benzene rings is 2. The van der Waals surface area contributed by atoms with E-state index in [0.29, 0.717) is 5.56 Å². The van der Waals surface area contributed by atoms with E-state index >= 15 is 0 Å². The molecule has 3 nitrogen and oxygen atoms in total. The van der Waals surface area contributed by atoms with Crippen LogP contribution in [-0.4, -0.2) is 13.8 Å². The molecule has 0 aliphatic heterocycles. The normalized spacial score (nSPS) is 12.6. The Kier molecular flexibility index (Phi) is 4.39. The van der Waals surface area contributed by atoms with Gasteiger partial charge in [-0.2, -0.15) is 0 Å². The number of hydrogen-bond acceptors (Lipinski definition) is 2. The van der Waals surface area contributed by atoms with E-state index in [9.17, 15) is 12.8 Å². The molecule has 5 heteroatoms. The third-order valence-corrected chi connectivity index (χ3v) is 5.07. The predicted molar refractivity (Wildman–Crippen MR) is 78.9 cm³/mol. The summed E-state index contributed by atoms with van der Waals surface area (Å²) in [6, 6.07) is 12.0. The molecule has 2 aromatic carbocycles. The molecule has 21 heavy (non-hydrogen) atoms. The third kappa shape index (κ3) is 3.47. The Morgan fingerprint density at radius 2 is 1.86 bits per heavy atom. The van der Waals surface area contributed by atoms with Gasteiger partial charge in [0, 0.05) is 0 Å². The van der Waals surface area contributed by atoms with E-state index in [1.807, 2.05) is 6.92 Å². The Bertz CT molecular complexity index is 777. The second kappa shape index (κ2) is 6.06. The molecule has 0 aliphatic rings. The van der Waals surface area contributed by atoms with Crippen LogP contribution >= 0.6 is 0 Å². The van der Waals surface area contributed by atoms with E-state index in [2.05, 4.69) is 4.85 Å². The highest BCUT2D eigenvalue weighted by molar-refractivity contribution is 7.92. The maximum Gasteiger partial charge on any atom is 0.329 e. The van der Waals surface area contributed by atoms with Crippen LogP contribution in [0.5, 0.6) is 0 Å². The Balaban J connectivity index is 2.32. The summed E-state index contributed by atoms with van der Waals surface area (Å²) in [4.78, 5) is 3.34. The van der Waals surface area contributed by atoms with Crippen molar-refractivity contribution in [2.45, 2.75) is 23.6 Å². The lowest BCUT2D eigenvalue weighted by molar-refractivity contribution is 0.586. The fourth-order valence-electron chi connectivity index (χ4n) is 1.98. The molecule has 0 aliphatic carbocycles. The van der Waals surface area contributed by atoms with Gasteiger partial charge in [-0.1, -0.05) is 29.8 Å². The molecule has 0 aromatic heterocycles. The van der Waals surface area contributed by atoms with Gasteiger partial charge < -0.3 is 0 Å². The van der Waals surface area contributed by atoms with Crippen molar-refractivity contribution in [2.24, 2.45) is 0 Å². The summed E-state index contributed by atoms with van der Waals surface area (Å²) >= 11 is 0. The van der Waals surface area contributed by atoms with Crippen molar-refractivity contribution < 1.29 is 12.8 Å². The molecule has 0 amide bonds. The summed E-state index contributed by atoms with van der Waals surface area (Å²) in [6.07, 6.45) is -0.0303. The van der Waals surface area contributed by atoms with Gasteiger partial charge in [-0.25, -0.2) is 19.4 Å². The Morgan fingerprint density at radius 1 is 1.19 bits per heavy atom. The molecule has 0 radical (unpaired) electrons. The van der Waals surface area contributed by atoms with Gasteiger partial charge in [0.1, 0.15) is 5.82 Å². The molecule has 2 aromatic rings. The van der Waals surface area contributed by atoms with Crippen LogP contribution in [0.3, 0.4) is 0 Å². The minimum atomic E-state index is -3.76. The monoisotopic (exact) mass is 303 g/mol. The topological polar surface area (TPSA) is 38.5 Å². The second-order valence-corrected chi connectivity index (χ2v) is 6.88. The maximum absolute atomic E-state index is 13.2. The van der Waals surface area contributed by atoms with Gasteiger partial charge in [-0.05, 0) is 36.8 Å². The van der Waals surface area contributed by atoms with Gasteiger partial charge in [0.15, 0.2) is 0 Å². The molecule has 0 spiro atoms. The zero-order valence-electron chi connectivity index (χ0n) is 11.5. The number of rotatable bonds is 4. The second-order valence-electron chi connectivity index (χ2n) is 4.78. The number of aryl methyl sites for hydroxylation is 1. The van der Waals surface area contributed by atoms with E-state index in [0.717, 1.165) is 5.56 Å². The lowest BCUT2D eigenvalue weighted by Gasteiger charge is -2.08. The van der Waals surface area contributed by atoms with E-state index in [-0.39, 0.29) is 11.3 Å². The molecular weight excluding hydrogens is 289 g/mol. The first kappa shape index (κ1) is 15.2. The van der Waals surface area contributed by atoms with Crippen molar-refractivity contribution in [1.82, 2.24) is 0 Å². The van der Waals surface area contributed by atoms with Crippen LogP contribution in [0.15, 0.2) is 53.4 Å². The largest absolute Gasteiger partial charge is 0.329 e. The molecule has 0 saturated carbocycles. The van der Waals surface area contributed by atoms with Crippen LogP contribution in [0.1, 0.15) is 11.1 Å². The Morgan fingerprint density at radius 3 is 2.43 bits per heavy atom.